The summed E-state index contributed by atoms with van der Waals surface area (Å²) < 4.78 is 5.04. The molecule has 0 unspecified atom stereocenters. The summed E-state index contributed by atoms with van der Waals surface area (Å²) in [5, 5.41) is 12.3. The van der Waals surface area contributed by atoms with Gasteiger partial charge in [-0.1, -0.05) is 18.2 Å². The number of nitrogens with zero attached hydrogens (tertiary/aromatic N) is 1. The number of para-hydroxylation sites is 1. The molecular weight excluding hydrogens is 272 g/mol. The number of fused-ring (bicyclic) bond motifs is 1. The summed E-state index contributed by atoms with van der Waals surface area (Å²) in [5.41, 5.74) is 1.68. The molecule has 0 radical (unpaired) electrons. The predicted molar refractivity (Wildman–Crippen MR) is 78.6 cm³/mol. The summed E-state index contributed by atoms with van der Waals surface area (Å²) in [4.78, 5) is 27.2. The number of carbonyl (C=O) groups is 2. The van der Waals surface area contributed by atoms with Crippen molar-refractivity contribution in [2.75, 3.05) is 18.5 Å². The molecule has 0 atom stereocenters. The van der Waals surface area contributed by atoms with E-state index < -0.39 is 11.9 Å². The molecule has 2 aromatic rings. The summed E-state index contributed by atoms with van der Waals surface area (Å²) in [6, 6.07) is 7.36. The molecule has 2 N–H and O–H groups in total. The standard InChI is InChI=1S/C15H16N2O4/c1-3-21-15(20)13-9(2)10-6-4-5-7-11(10)17-14(13)16-8-12(18)19/h4-7H,3,8H2,1-2H3,(H,16,17)(H,18,19). The smallest absolute Gasteiger partial charge is 0.342 e. The highest BCUT2D eigenvalue weighted by Crippen LogP contribution is 2.26. The molecule has 6 nitrogen and oxygen atoms in total. The third-order valence-corrected chi connectivity index (χ3v) is 3.04. The number of anilines is 1. The lowest BCUT2D eigenvalue weighted by Gasteiger charge is -2.14. The maximum atomic E-state index is 12.1. The van der Waals surface area contributed by atoms with Gasteiger partial charge in [0.25, 0.3) is 0 Å². The Hall–Kier alpha value is -2.63. The molecule has 1 aromatic heterocycles. The van der Waals surface area contributed by atoms with Crippen molar-refractivity contribution < 1.29 is 19.4 Å². The fourth-order valence-corrected chi connectivity index (χ4v) is 2.12. The average Bonchev–Trinajstić information content (AvgIpc) is 2.45. The SMILES string of the molecule is CCOC(=O)c1c(NCC(=O)O)nc2ccccc2c1C. The quantitative estimate of drug-likeness (QED) is 0.820. The van der Waals surface area contributed by atoms with E-state index in [1.165, 1.54) is 0 Å². The van der Waals surface area contributed by atoms with Gasteiger partial charge in [0, 0.05) is 5.39 Å². The first-order valence-corrected chi connectivity index (χ1v) is 6.56. The number of aromatic nitrogens is 1. The van der Waals surface area contributed by atoms with E-state index in [4.69, 9.17) is 9.84 Å². The summed E-state index contributed by atoms with van der Waals surface area (Å²) in [5.74, 6) is -1.31. The molecule has 0 aliphatic rings. The fourth-order valence-electron chi connectivity index (χ4n) is 2.12. The van der Waals surface area contributed by atoms with Crippen LogP contribution in [-0.2, 0) is 9.53 Å². The Morgan fingerprint density at radius 3 is 2.71 bits per heavy atom. The van der Waals surface area contributed by atoms with Crippen LogP contribution in [0.5, 0.6) is 0 Å². The number of aryl methyl sites for hydroxylation is 1. The van der Waals surface area contributed by atoms with Crippen molar-refractivity contribution in [3.8, 4) is 0 Å². The van der Waals surface area contributed by atoms with Gasteiger partial charge >= 0.3 is 11.9 Å². The van der Waals surface area contributed by atoms with Crippen molar-refractivity contribution in [1.82, 2.24) is 4.98 Å². The molecule has 1 aromatic carbocycles. The molecule has 110 valence electrons. The first-order valence-electron chi connectivity index (χ1n) is 6.56. The van der Waals surface area contributed by atoms with Crippen LogP contribution in [0.1, 0.15) is 22.8 Å². The van der Waals surface area contributed by atoms with E-state index in [0.29, 0.717) is 11.1 Å². The Bertz CT molecular complexity index is 697. The maximum Gasteiger partial charge on any atom is 0.342 e. The van der Waals surface area contributed by atoms with Crippen LogP contribution in [0.2, 0.25) is 0 Å². The second kappa shape index (κ2) is 6.21. The number of aliphatic carboxylic acids is 1. The van der Waals surface area contributed by atoms with Crippen LogP contribution in [0.25, 0.3) is 10.9 Å². The number of carboxylic acids is 1. The van der Waals surface area contributed by atoms with Gasteiger partial charge in [-0.25, -0.2) is 9.78 Å². The lowest BCUT2D eigenvalue weighted by atomic mass is 10.0. The first kappa shape index (κ1) is 14.8. The van der Waals surface area contributed by atoms with Gasteiger partial charge in [-0.15, -0.1) is 0 Å². The number of nitrogens with one attached hydrogen (secondary N) is 1. The van der Waals surface area contributed by atoms with Gasteiger partial charge < -0.3 is 15.2 Å². The molecule has 0 bridgehead atoms. The van der Waals surface area contributed by atoms with E-state index in [2.05, 4.69) is 10.3 Å². The number of pyridine rings is 1. The normalized spacial score (nSPS) is 10.4. The van der Waals surface area contributed by atoms with E-state index in [1.807, 2.05) is 24.3 Å². The number of hydrogen-bond donors (Lipinski definition) is 2. The average molecular weight is 288 g/mol. The van der Waals surface area contributed by atoms with Gasteiger partial charge in [-0.2, -0.15) is 0 Å². The third-order valence-electron chi connectivity index (χ3n) is 3.04. The Labute approximate surface area is 121 Å². The maximum absolute atomic E-state index is 12.1. The summed E-state index contributed by atoms with van der Waals surface area (Å²) in [7, 11) is 0. The Morgan fingerprint density at radius 1 is 1.33 bits per heavy atom. The lowest BCUT2D eigenvalue weighted by Crippen LogP contribution is -2.18. The van der Waals surface area contributed by atoms with Crippen molar-refractivity contribution in [2.24, 2.45) is 0 Å². The van der Waals surface area contributed by atoms with Crippen molar-refractivity contribution in [1.29, 1.82) is 0 Å². The van der Waals surface area contributed by atoms with Crippen LogP contribution in [0.4, 0.5) is 5.82 Å². The highest BCUT2D eigenvalue weighted by Gasteiger charge is 2.20. The van der Waals surface area contributed by atoms with Crippen LogP contribution in [0, 0.1) is 6.92 Å². The highest BCUT2D eigenvalue weighted by atomic mass is 16.5. The molecule has 0 saturated heterocycles. The van der Waals surface area contributed by atoms with Gasteiger partial charge in [-0.3, -0.25) is 4.79 Å². The molecule has 21 heavy (non-hydrogen) atoms. The second-order valence-corrected chi connectivity index (χ2v) is 4.45. The predicted octanol–water partition coefficient (Wildman–Crippen LogP) is 2.22. The van der Waals surface area contributed by atoms with Crippen LogP contribution in [0.15, 0.2) is 24.3 Å². The Kier molecular flexibility index (Phi) is 4.37. The van der Waals surface area contributed by atoms with Crippen LogP contribution in [0.3, 0.4) is 0 Å². The van der Waals surface area contributed by atoms with Crippen molar-refractivity contribution in [3.63, 3.8) is 0 Å². The molecule has 0 fully saturated rings. The van der Waals surface area contributed by atoms with E-state index >= 15 is 0 Å². The molecule has 6 heteroatoms. The van der Waals surface area contributed by atoms with Gasteiger partial charge in [-0.05, 0) is 25.5 Å². The minimum absolute atomic E-state index is 0.229. The molecule has 0 spiro atoms. The zero-order valence-electron chi connectivity index (χ0n) is 11.8. The number of benzene rings is 1. The summed E-state index contributed by atoms with van der Waals surface area (Å²) in [6.45, 7) is 3.43. The Balaban J connectivity index is 2.59. The molecule has 0 amide bonds. The van der Waals surface area contributed by atoms with Crippen LogP contribution >= 0.6 is 0 Å². The van der Waals surface area contributed by atoms with Crippen molar-refractivity contribution in [3.05, 3.63) is 35.4 Å². The molecule has 0 saturated carbocycles. The van der Waals surface area contributed by atoms with E-state index in [0.717, 1.165) is 5.39 Å². The Morgan fingerprint density at radius 2 is 2.05 bits per heavy atom. The van der Waals surface area contributed by atoms with Gasteiger partial charge in [0.2, 0.25) is 0 Å². The van der Waals surface area contributed by atoms with Gasteiger partial charge in [0.05, 0.1) is 12.1 Å². The number of ether oxygens (including phenoxy) is 1. The van der Waals surface area contributed by atoms with Gasteiger partial charge in [0.1, 0.15) is 17.9 Å². The van der Waals surface area contributed by atoms with E-state index in [1.54, 1.807) is 13.8 Å². The highest BCUT2D eigenvalue weighted by molar-refractivity contribution is 6.02. The monoisotopic (exact) mass is 288 g/mol. The minimum Gasteiger partial charge on any atom is -0.480 e. The zero-order valence-corrected chi connectivity index (χ0v) is 11.8. The summed E-state index contributed by atoms with van der Waals surface area (Å²) in [6.07, 6.45) is 0. The zero-order chi connectivity index (χ0) is 15.4. The number of rotatable bonds is 5. The molecule has 0 aliphatic heterocycles. The molecular formula is C15H16N2O4. The summed E-state index contributed by atoms with van der Waals surface area (Å²) >= 11 is 0. The molecule has 0 aliphatic carbocycles. The van der Waals surface area contributed by atoms with E-state index in [9.17, 15) is 9.59 Å². The number of carboxylic acid groups (broad SMARTS) is 1. The first-order chi connectivity index (χ1) is 10.0. The lowest BCUT2D eigenvalue weighted by molar-refractivity contribution is -0.134. The minimum atomic E-state index is -1.03. The third kappa shape index (κ3) is 3.10. The number of carbonyl (C=O) groups excluding carboxylic acids is 1. The topological polar surface area (TPSA) is 88.5 Å². The largest absolute Gasteiger partial charge is 0.480 e. The van der Waals surface area contributed by atoms with Crippen LogP contribution < -0.4 is 5.32 Å². The van der Waals surface area contributed by atoms with Crippen molar-refractivity contribution in [2.45, 2.75) is 13.8 Å². The van der Waals surface area contributed by atoms with Crippen molar-refractivity contribution >= 4 is 28.7 Å². The fraction of sp³-hybridized carbons (Fsp3) is 0.267. The van der Waals surface area contributed by atoms with E-state index in [-0.39, 0.29) is 24.5 Å². The molecule has 2 rings (SSSR count). The second-order valence-electron chi connectivity index (χ2n) is 4.45. The van der Waals surface area contributed by atoms with Gasteiger partial charge in [0.15, 0.2) is 0 Å². The number of esters is 1. The molecule has 1 heterocycles. The van der Waals surface area contributed by atoms with Crippen LogP contribution in [-0.4, -0.2) is 35.2 Å². The number of hydrogen-bond acceptors (Lipinski definition) is 5.